The Morgan fingerprint density at radius 2 is 2.05 bits per heavy atom. The molecule has 3 saturated heterocycles. The van der Waals surface area contributed by atoms with Crippen LogP contribution < -0.4 is 5.32 Å². The van der Waals surface area contributed by atoms with Gasteiger partial charge in [-0.05, 0) is 76.1 Å². The number of halogens is 1. The van der Waals surface area contributed by atoms with E-state index < -0.39 is 23.8 Å². The zero-order chi connectivity index (χ0) is 26.5. The number of benzene rings is 1. The molecule has 1 aromatic carbocycles. The Labute approximate surface area is 216 Å². The largest absolute Gasteiger partial charge is 0.444 e. The van der Waals surface area contributed by atoms with E-state index in [1.165, 1.54) is 11.0 Å². The number of carbonyl (C=O) groups is 3. The average molecular weight is 512 g/mol. The maximum absolute atomic E-state index is 13.7. The molecule has 37 heavy (non-hydrogen) atoms. The predicted octanol–water partition coefficient (Wildman–Crippen LogP) is 2.51. The molecule has 198 valence electrons. The standard InChI is InChI=1S/C27H34FN5O4/c1-27(2,3)37-26(36)30-21(24(34)32-10-4-5-18(32)13-29)15-31-14-19-12-23(31)25(35)33(19)22-9-6-16-11-17(28)7-8-20(16)22/h7-8,11,18-19,21-23H,4-6,9-10,12,14-15H2,1-3H3,(H,30,36)/t18-,19+,21-,22+,23+/m0/s1. The van der Waals surface area contributed by atoms with Crippen molar-refractivity contribution in [2.45, 2.75) is 88.7 Å². The molecule has 5 rings (SSSR count). The molecule has 0 radical (unpaired) electrons. The van der Waals surface area contributed by atoms with Crippen LogP contribution in [0.2, 0.25) is 0 Å². The lowest BCUT2D eigenvalue weighted by molar-refractivity contribution is -0.141. The van der Waals surface area contributed by atoms with E-state index in [2.05, 4.69) is 11.4 Å². The number of fused-ring (bicyclic) bond motifs is 3. The second-order valence-electron chi connectivity index (χ2n) is 11.5. The lowest BCUT2D eigenvalue weighted by Gasteiger charge is -2.39. The summed E-state index contributed by atoms with van der Waals surface area (Å²) in [4.78, 5) is 45.1. The number of nitriles is 1. The number of nitrogens with one attached hydrogen (secondary N) is 1. The number of hydrogen-bond donors (Lipinski definition) is 1. The van der Waals surface area contributed by atoms with Crippen molar-refractivity contribution in [1.82, 2.24) is 20.0 Å². The monoisotopic (exact) mass is 511 g/mol. The molecule has 0 saturated carbocycles. The van der Waals surface area contributed by atoms with E-state index in [0.29, 0.717) is 25.9 Å². The van der Waals surface area contributed by atoms with Crippen molar-refractivity contribution in [1.29, 1.82) is 5.26 Å². The van der Waals surface area contributed by atoms with Crippen LogP contribution in [0.5, 0.6) is 0 Å². The van der Waals surface area contributed by atoms with Crippen molar-refractivity contribution < 1.29 is 23.5 Å². The van der Waals surface area contributed by atoms with Gasteiger partial charge in [0, 0.05) is 25.7 Å². The SMILES string of the molecule is CC(C)(C)OC(=O)N[C@@H](CN1C[C@H]2C[C@@H]1C(=O)N2[C@@H]1CCc2cc(F)ccc21)C(=O)N1CCC[C@H]1C#N. The molecule has 10 heteroatoms. The third-order valence-electron chi connectivity index (χ3n) is 7.89. The molecule has 3 heterocycles. The fourth-order valence-electron chi connectivity index (χ4n) is 6.39. The van der Waals surface area contributed by atoms with Gasteiger partial charge >= 0.3 is 6.09 Å². The molecule has 3 amide bonds. The van der Waals surface area contributed by atoms with Gasteiger partial charge in [0.1, 0.15) is 23.5 Å². The second-order valence-corrected chi connectivity index (χ2v) is 11.5. The molecule has 1 aliphatic carbocycles. The highest BCUT2D eigenvalue weighted by atomic mass is 19.1. The van der Waals surface area contributed by atoms with Gasteiger partial charge in [-0.2, -0.15) is 5.26 Å². The summed E-state index contributed by atoms with van der Waals surface area (Å²) >= 11 is 0. The number of amides is 3. The van der Waals surface area contributed by atoms with Crippen LogP contribution >= 0.6 is 0 Å². The summed E-state index contributed by atoms with van der Waals surface area (Å²) in [6.45, 7) is 6.46. The van der Waals surface area contributed by atoms with Gasteiger partial charge in [0.25, 0.3) is 0 Å². The highest BCUT2D eigenvalue weighted by molar-refractivity contribution is 5.88. The van der Waals surface area contributed by atoms with Crippen molar-refractivity contribution in [3.05, 3.63) is 35.1 Å². The predicted molar refractivity (Wildman–Crippen MR) is 132 cm³/mol. The minimum absolute atomic E-state index is 0.00516. The highest BCUT2D eigenvalue weighted by Gasteiger charge is 2.53. The van der Waals surface area contributed by atoms with Crippen LogP contribution in [0.25, 0.3) is 0 Å². The zero-order valence-electron chi connectivity index (χ0n) is 21.6. The fourth-order valence-corrected chi connectivity index (χ4v) is 6.39. The summed E-state index contributed by atoms with van der Waals surface area (Å²) in [5.74, 6) is -0.573. The Hall–Kier alpha value is -3.19. The lowest BCUT2D eigenvalue weighted by Crippen LogP contribution is -2.59. The summed E-state index contributed by atoms with van der Waals surface area (Å²) in [6, 6.07) is 5.10. The molecule has 1 N–H and O–H groups in total. The molecule has 1 aromatic rings. The molecular weight excluding hydrogens is 477 g/mol. The number of rotatable bonds is 5. The smallest absolute Gasteiger partial charge is 0.408 e. The van der Waals surface area contributed by atoms with Crippen molar-refractivity contribution in [3.63, 3.8) is 0 Å². The maximum Gasteiger partial charge on any atom is 0.408 e. The molecular formula is C27H34FN5O4. The summed E-state index contributed by atoms with van der Waals surface area (Å²) < 4.78 is 19.1. The van der Waals surface area contributed by atoms with Crippen LogP contribution in [0, 0.1) is 17.1 Å². The fraction of sp³-hybridized carbons (Fsp3) is 0.630. The number of aryl methyl sites for hydroxylation is 1. The first-order chi connectivity index (χ1) is 17.6. The summed E-state index contributed by atoms with van der Waals surface area (Å²) in [5, 5.41) is 12.2. The van der Waals surface area contributed by atoms with E-state index in [0.717, 1.165) is 30.4 Å². The van der Waals surface area contributed by atoms with E-state index in [9.17, 15) is 24.0 Å². The maximum atomic E-state index is 13.7. The minimum atomic E-state index is -0.931. The third kappa shape index (κ3) is 4.89. The molecule has 0 spiro atoms. The number of ether oxygens (including phenoxy) is 1. The summed E-state index contributed by atoms with van der Waals surface area (Å²) in [6.07, 6.45) is 2.82. The zero-order valence-corrected chi connectivity index (χ0v) is 21.6. The Morgan fingerprint density at radius 1 is 1.27 bits per heavy atom. The van der Waals surface area contributed by atoms with Crippen LogP contribution in [-0.4, -0.2) is 82.0 Å². The van der Waals surface area contributed by atoms with E-state index >= 15 is 0 Å². The number of carbonyl (C=O) groups excluding carboxylic acids is 3. The minimum Gasteiger partial charge on any atom is -0.444 e. The third-order valence-corrected chi connectivity index (χ3v) is 7.89. The molecule has 9 nitrogen and oxygen atoms in total. The molecule has 3 fully saturated rings. The molecule has 0 unspecified atom stereocenters. The number of nitrogens with zero attached hydrogens (tertiary/aromatic N) is 4. The number of likely N-dealkylation sites (tertiary alicyclic amines) is 3. The molecule has 5 atom stereocenters. The van der Waals surface area contributed by atoms with Crippen LogP contribution in [-0.2, 0) is 20.7 Å². The molecule has 2 bridgehead atoms. The Morgan fingerprint density at radius 3 is 2.76 bits per heavy atom. The Kier molecular flexibility index (Phi) is 6.61. The highest BCUT2D eigenvalue weighted by Crippen LogP contribution is 2.44. The first kappa shape index (κ1) is 25.5. The first-order valence-corrected chi connectivity index (χ1v) is 13.1. The number of alkyl carbamates (subject to hydrolysis) is 1. The van der Waals surface area contributed by atoms with Gasteiger partial charge in [0.05, 0.1) is 18.2 Å². The van der Waals surface area contributed by atoms with Crippen LogP contribution in [0.15, 0.2) is 18.2 Å². The van der Waals surface area contributed by atoms with E-state index in [-0.39, 0.29) is 42.3 Å². The van der Waals surface area contributed by atoms with E-state index in [1.807, 2.05) is 9.80 Å². The second kappa shape index (κ2) is 9.60. The summed E-state index contributed by atoms with van der Waals surface area (Å²) in [7, 11) is 0. The van der Waals surface area contributed by atoms with Gasteiger partial charge in [0.2, 0.25) is 11.8 Å². The summed E-state index contributed by atoms with van der Waals surface area (Å²) in [5.41, 5.74) is 1.25. The Balaban J connectivity index is 1.30. The topological polar surface area (TPSA) is 106 Å². The van der Waals surface area contributed by atoms with Crippen molar-refractivity contribution in [2.75, 3.05) is 19.6 Å². The van der Waals surface area contributed by atoms with Gasteiger partial charge in [-0.1, -0.05) is 6.07 Å². The van der Waals surface area contributed by atoms with Gasteiger partial charge in [-0.3, -0.25) is 14.5 Å². The van der Waals surface area contributed by atoms with E-state index in [4.69, 9.17) is 4.74 Å². The van der Waals surface area contributed by atoms with Crippen molar-refractivity contribution >= 4 is 17.9 Å². The number of piperazine rings is 1. The lowest BCUT2D eigenvalue weighted by atomic mass is 10.1. The molecule has 4 aliphatic rings. The van der Waals surface area contributed by atoms with Gasteiger partial charge < -0.3 is 19.9 Å². The first-order valence-electron chi connectivity index (χ1n) is 13.1. The van der Waals surface area contributed by atoms with Crippen LogP contribution in [0.4, 0.5) is 9.18 Å². The van der Waals surface area contributed by atoms with E-state index in [1.54, 1.807) is 32.9 Å². The van der Waals surface area contributed by atoms with Gasteiger partial charge in [0.15, 0.2) is 0 Å². The Bertz CT molecular complexity index is 1140. The molecule has 0 aromatic heterocycles. The van der Waals surface area contributed by atoms with Crippen molar-refractivity contribution in [2.24, 2.45) is 0 Å². The van der Waals surface area contributed by atoms with Gasteiger partial charge in [-0.15, -0.1) is 0 Å². The normalized spacial score (nSPS) is 27.8. The molecule has 3 aliphatic heterocycles. The number of hydrogen-bond acceptors (Lipinski definition) is 6. The quantitative estimate of drug-likeness (QED) is 0.651. The van der Waals surface area contributed by atoms with Crippen LogP contribution in [0.1, 0.15) is 63.6 Å². The van der Waals surface area contributed by atoms with Gasteiger partial charge in [-0.25, -0.2) is 9.18 Å². The van der Waals surface area contributed by atoms with Crippen LogP contribution in [0.3, 0.4) is 0 Å². The van der Waals surface area contributed by atoms with Crippen molar-refractivity contribution in [3.8, 4) is 6.07 Å². The average Bonchev–Trinajstić information content (AvgIpc) is 3.59.